The third kappa shape index (κ3) is 26.0. The number of carboxylic acid groups (broad SMARTS) is 1. The first-order valence-corrected chi connectivity index (χ1v) is 12.4. The second kappa shape index (κ2) is 26.1. The molecule has 0 fully saturated rings. The van der Waals surface area contributed by atoms with E-state index >= 15 is 0 Å². The van der Waals surface area contributed by atoms with Gasteiger partial charge in [-0.2, -0.15) is 0 Å². The van der Waals surface area contributed by atoms with Crippen molar-refractivity contribution in [3.8, 4) is 0 Å². The predicted molar refractivity (Wildman–Crippen MR) is 123 cm³/mol. The van der Waals surface area contributed by atoms with Crippen LogP contribution >= 0.6 is 0 Å². The van der Waals surface area contributed by atoms with Gasteiger partial charge in [-0.25, -0.2) is 0 Å². The number of unbranched alkanes of at least 4 members (excludes halogenated alkanes) is 14. The van der Waals surface area contributed by atoms with Gasteiger partial charge in [0.2, 0.25) is 0 Å². The number of nitrogens with zero attached hydrogens (tertiary/aromatic N) is 2. The minimum absolute atomic E-state index is 0. The Morgan fingerprint density at radius 2 is 1.26 bits per heavy atom. The SMILES string of the molecule is CCCCCCCCCCCCCCCCCC([O-])=NCCN(CCO)CC(=O)O.[Na+]. The van der Waals surface area contributed by atoms with Crippen molar-refractivity contribution in [1.82, 2.24) is 4.90 Å². The quantitative estimate of drug-likeness (QED) is 0.106. The fourth-order valence-corrected chi connectivity index (χ4v) is 3.65. The van der Waals surface area contributed by atoms with E-state index < -0.39 is 5.97 Å². The second-order valence-electron chi connectivity index (χ2n) is 8.37. The van der Waals surface area contributed by atoms with Gasteiger partial charge in [0.15, 0.2) is 0 Å². The van der Waals surface area contributed by atoms with Crippen LogP contribution in [0.4, 0.5) is 0 Å². The summed E-state index contributed by atoms with van der Waals surface area (Å²) in [5.74, 6) is -1.03. The summed E-state index contributed by atoms with van der Waals surface area (Å²) < 4.78 is 0. The molecule has 6 nitrogen and oxygen atoms in total. The summed E-state index contributed by atoms with van der Waals surface area (Å²) in [7, 11) is 0. The second-order valence-corrected chi connectivity index (χ2v) is 8.37. The number of aliphatic hydroxyl groups is 1. The number of aliphatic carboxylic acids is 1. The Bertz CT molecular complexity index is 422. The zero-order chi connectivity index (χ0) is 22.3. The van der Waals surface area contributed by atoms with Crippen molar-refractivity contribution in [2.75, 3.05) is 32.8 Å². The summed E-state index contributed by atoms with van der Waals surface area (Å²) in [4.78, 5) is 16.3. The van der Waals surface area contributed by atoms with Gasteiger partial charge in [-0.05, 0) is 18.7 Å². The molecule has 0 bridgehead atoms. The van der Waals surface area contributed by atoms with Crippen molar-refractivity contribution in [2.45, 2.75) is 110 Å². The Morgan fingerprint density at radius 3 is 1.68 bits per heavy atom. The summed E-state index contributed by atoms with van der Waals surface area (Å²) >= 11 is 0. The third-order valence-corrected chi connectivity index (χ3v) is 5.47. The molecule has 31 heavy (non-hydrogen) atoms. The molecule has 0 unspecified atom stereocenters. The number of aliphatic hydroxyl groups excluding tert-OH is 1. The number of hydrogen-bond donors (Lipinski definition) is 2. The van der Waals surface area contributed by atoms with Crippen LogP contribution in [0.1, 0.15) is 110 Å². The van der Waals surface area contributed by atoms with Crippen LogP contribution in [-0.4, -0.2) is 59.8 Å². The Hall–Kier alpha value is -0.140. The molecule has 0 spiro atoms. The van der Waals surface area contributed by atoms with Gasteiger partial charge in [-0.1, -0.05) is 96.8 Å². The molecule has 2 N–H and O–H groups in total. The Balaban J connectivity index is 0. The van der Waals surface area contributed by atoms with Crippen molar-refractivity contribution in [2.24, 2.45) is 4.99 Å². The number of hydrogen-bond acceptors (Lipinski definition) is 5. The van der Waals surface area contributed by atoms with Gasteiger partial charge < -0.3 is 20.3 Å². The van der Waals surface area contributed by atoms with E-state index in [2.05, 4.69) is 11.9 Å². The van der Waals surface area contributed by atoms with Crippen LogP contribution in [-0.2, 0) is 4.79 Å². The molecule has 7 heteroatoms. The molecule has 0 aromatic heterocycles. The van der Waals surface area contributed by atoms with Crippen LogP contribution < -0.4 is 34.7 Å². The minimum atomic E-state index is -0.937. The smallest absolute Gasteiger partial charge is 0.862 e. The van der Waals surface area contributed by atoms with E-state index in [0.29, 0.717) is 19.5 Å². The van der Waals surface area contributed by atoms with Gasteiger partial charge in [0, 0.05) is 13.1 Å². The fourth-order valence-electron chi connectivity index (χ4n) is 3.65. The van der Waals surface area contributed by atoms with Crippen LogP contribution in [0.2, 0.25) is 0 Å². The van der Waals surface area contributed by atoms with Gasteiger partial charge in [-0.15, -0.1) is 0 Å². The first kappa shape index (κ1) is 33.0. The molecule has 0 aromatic carbocycles. The van der Waals surface area contributed by atoms with Crippen molar-refractivity contribution in [3.63, 3.8) is 0 Å². The Kier molecular flexibility index (Phi) is 27.8. The van der Waals surface area contributed by atoms with Gasteiger partial charge >= 0.3 is 35.5 Å². The standard InChI is InChI=1S/C24H48N2O4.Na/c1-2-3-4-5-6-7-8-9-10-11-12-13-14-15-16-17-23(28)25-18-19-26(20-21-27)22-24(29)30;/h27H,2-22H2,1H3,(H,25,28)(H,29,30);/q;+1/p-1. The molecule has 0 saturated carbocycles. The molecule has 0 rings (SSSR count). The molecule has 0 amide bonds. The number of carbonyl (C=O) groups is 1. The van der Waals surface area contributed by atoms with E-state index in [1.165, 1.54) is 83.5 Å². The topological polar surface area (TPSA) is 96.2 Å². The van der Waals surface area contributed by atoms with Crippen LogP contribution in [0, 0.1) is 0 Å². The zero-order valence-corrected chi connectivity index (χ0v) is 22.5. The normalized spacial score (nSPS) is 11.6. The average Bonchev–Trinajstić information content (AvgIpc) is 2.70. The Labute approximate surface area is 213 Å². The van der Waals surface area contributed by atoms with Crippen LogP contribution in [0.3, 0.4) is 0 Å². The van der Waals surface area contributed by atoms with Crippen molar-refractivity contribution >= 4 is 11.9 Å². The summed E-state index contributed by atoms with van der Waals surface area (Å²) in [6, 6.07) is 0. The Morgan fingerprint density at radius 1 is 0.806 bits per heavy atom. The molecule has 0 aliphatic carbocycles. The first-order valence-electron chi connectivity index (χ1n) is 12.4. The number of aliphatic imine (C=N–C) groups is 1. The molecule has 0 aliphatic heterocycles. The summed E-state index contributed by atoms with van der Waals surface area (Å²) in [6.07, 6.45) is 20.0. The van der Waals surface area contributed by atoms with Crippen LogP contribution in [0.25, 0.3) is 0 Å². The average molecular weight is 451 g/mol. The molecule has 0 aliphatic rings. The summed E-state index contributed by atoms with van der Waals surface area (Å²) in [6.45, 7) is 3.00. The maximum absolute atomic E-state index is 11.8. The largest absolute Gasteiger partial charge is 1.00 e. The molecule has 178 valence electrons. The fraction of sp³-hybridized carbons (Fsp3) is 0.917. The van der Waals surface area contributed by atoms with Crippen molar-refractivity contribution in [3.05, 3.63) is 0 Å². The molecule has 0 atom stereocenters. The van der Waals surface area contributed by atoms with Crippen LogP contribution in [0.15, 0.2) is 4.99 Å². The molecule has 0 saturated heterocycles. The summed E-state index contributed by atoms with van der Waals surface area (Å²) in [5, 5.41) is 29.5. The van der Waals surface area contributed by atoms with Gasteiger partial charge in [-0.3, -0.25) is 9.69 Å². The van der Waals surface area contributed by atoms with E-state index in [4.69, 9.17) is 10.2 Å². The molecule has 0 radical (unpaired) electrons. The summed E-state index contributed by atoms with van der Waals surface area (Å²) in [5.41, 5.74) is 0. The maximum atomic E-state index is 11.8. The van der Waals surface area contributed by atoms with E-state index in [1.807, 2.05) is 0 Å². The third-order valence-electron chi connectivity index (χ3n) is 5.47. The van der Waals surface area contributed by atoms with Crippen molar-refractivity contribution < 1.29 is 49.7 Å². The molecular formula is C24H47N2NaO4. The molecular weight excluding hydrogens is 403 g/mol. The van der Waals surface area contributed by atoms with Crippen LogP contribution in [0.5, 0.6) is 0 Å². The van der Waals surface area contributed by atoms with E-state index in [1.54, 1.807) is 4.90 Å². The zero-order valence-electron chi connectivity index (χ0n) is 20.5. The number of carboxylic acids is 1. The minimum Gasteiger partial charge on any atom is -0.862 e. The van der Waals surface area contributed by atoms with Crippen molar-refractivity contribution in [1.29, 1.82) is 0 Å². The number of rotatable bonds is 23. The van der Waals surface area contributed by atoms with Gasteiger partial charge in [0.1, 0.15) is 0 Å². The predicted octanol–water partition coefficient (Wildman–Crippen LogP) is 1.39. The van der Waals surface area contributed by atoms with Gasteiger partial charge in [0.05, 0.1) is 19.7 Å². The monoisotopic (exact) mass is 450 g/mol. The van der Waals surface area contributed by atoms with E-state index in [0.717, 1.165) is 12.8 Å². The van der Waals surface area contributed by atoms with E-state index in [-0.39, 0.29) is 55.2 Å². The first-order chi connectivity index (χ1) is 14.6. The maximum Gasteiger partial charge on any atom is 1.00 e. The van der Waals surface area contributed by atoms with E-state index in [9.17, 15) is 9.90 Å². The molecule has 0 heterocycles. The van der Waals surface area contributed by atoms with Gasteiger partial charge in [0.25, 0.3) is 0 Å². The molecule has 0 aromatic rings.